The van der Waals surface area contributed by atoms with Crippen molar-refractivity contribution in [3.8, 4) is 5.69 Å². The Morgan fingerprint density at radius 3 is 2.83 bits per heavy atom. The van der Waals surface area contributed by atoms with Gasteiger partial charge in [0.2, 0.25) is 11.7 Å². The fourth-order valence-corrected chi connectivity index (χ4v) is 5.34. The smallest absolute Gasteiger partial charge is 0.291 e. The number of anilines is 1. The van der Waals surface area contributed by atoms with Gasteiger partial charge in [-0.1, -0.05) is 30.3 Å². The lowest BCUT2D eigenvalue weighted by Gasteiger charge is -2.22. The highest BCUT2D eigenvalue weighted by atomic mass is 19.1. The molecule has 10 nitrogen and oxygen atoms in total. The number of nitrogens with one attached hydrogen (secondary N) is 2. The van der Waals surface area contributed by atoms with Crippen LogP contribution >= 0.6 is 0 Å². The molecule has 0 spiro atoms. The summed E-state index contributed by atoms with van der Waals surface area (Å²) in [5.41, 5.74) is 5.17. The van der Waals surface area contributed by atoms with E-state index in [1.807, 2.05) is 47.2 Å². The number of carbonyl (C=O) groups excluding carboxylic acids is 2. The lowest BCUT2D eigenvalue weighted by molar-refractivity contribution is -0.120. The van der Waals surface area contributed by atoms with E-state index in [1.54, 1.807) is 30.1 Å². The molecule has 2 N–H and O–H groups in total. The highest BCUT2D eigenvalue weighted by Crippen LogP contribution is 2.37. The zero-order valence-corrected chi connectivity index (χ0v) is 21.3. The molecule has 4 heterocycles. The van der Waals surface area contributed by atoms with Gasteiger partial charge in [-0.25, -0.2) is 14.4 Å². The van der Waals surface area contributed by atoms with Crippen LogP contribution in [-0.2, 0) is 17.6 Å². The lowest BCUT2D eigenvalue weighted by atomic mass is 10.1. The first-order chi connectivity index (χ1) is 19.5. The molecule has 0 radical (unpaired) electrons. The molecule has 11 heteroatoms. The number of oxazole rings is 1. The number of para-hydroxylation sites is 1. The average molecular weight is 536 g/mol. The van der Waals surface area contributed by atoms with E-state index in [0.717, 1.165) is 33.4 Å². The fourth-order valence-electron chi connectivity index (χ4n) is 5.34. The van der Waals surface area contributed by atoms with Gasteiger partial charge in [0.25, 0.3) is 5.91 Å². The van der Waals surface area contributed by atoms with Crippen LogP contribution < -0.4 is 10.2 Å². The Bertz CT molecular complexity index is 1940. The van der Waals surface area contributed by atoms with Crippen LogP contribution in [0, 0.1) is 5.82 Å². The van der Waals surface area contributed by atoms with Crippen LogP contribution in [0.3, 0.4) is 0 Å². The van der Waals surface area contributed by atoms with Gasteiger partial charge in [-0.05, 0) is 41.5 Å². The second kappa shape index (κ2) is 9.16. The second-order valence-corrected chi connectivity index (χ2v) is 9.67. The number of likely N-dealkylation sites (N-methyl/N-ethyl adjacent to an activating group) is 1. The molecule has 0 bridgehead atoms. The third kappa shape index (κ3) is 3.82. The van der Waals surface area contributed by atoms with Gasteiger partial charge in [0.1, 0.15) is 23.2 Å². The van der Waals surface area contributed by atoms with E-state index in [4.69, 9.17) is 4.42 Å². The summed E-state index contributed by atoms with van der Waals surface area (Å²) >= 11 is 0. The molecule has 7 rings (SSSR count). The summed E-state index contributed by atoms with van der Waals surface area (Å²) in [7, 11) is 1.69. The van der Waals surface area contributed by atoms with E-state index in [9.17, 15) is 14.0 Å². The SMILES string of the molecule is CN1C(=O)[C@@H](NC(=O)c2n[nH]c(Cc3ccccc3F)n2)Cc2cn(-c3cccc4ncoc34)c3cccc1c23. The highest BCUT2D eigenvalue weighted by molar-refractivity contribution is 6.10. The van der Waals surface area contributed by atoms with Gasteiger partial charge in [0.15, 0.2) is 12.0 Å². The summed E-state index contributed by atoms with van der Waals surface area (Å²) in [5, 5.41) is 10.4. The van der Waals surface area contributed by atoms with Crippen LogP contribution in [0.4, 0.5) is 10.1 Å². The number of hydrogen-bond donors (Lipinski definition) is 2. The first-order valence-electron chi connectivity index (χ1n) is 12.7. The Morgan fingerprint density at radius 1 is 1.12 bits per heavy atom. The highest BCUT2D eigenvalue weighted by Gasteiger charge is 2.33. The van der Waals surface area contributed by atoms with E-state index in [1.165, 1.54) is 12.5 Å². The molecular formula is C29H22FN7O3. The molecule has 6 aromatic rings. The maximum Gasteiger partial charge on any atom is 0.291 e. The number of amides is 2. The van der Waals surface area contributed by atoms with Crippen molar-refractivity contribution in [1.82, 2.24) is 30.0 Å². The summed E-state index contributed by atoms with van der Waals surface area (Å²) in [5.74, 6) is -1.01. The van der Waals surface area contributed by atoms with Gasteiger partial charge in [-0.2, -0.15) is 0 Å². The molecule has 0 saturated carbocycles. The molecular weight excluding hydrogens is 513 g/mol. The van der Waals surface area contributed by atoms with Crippen molar-refractivity contribution in [1.29, 1.82) is 0 Å². The topological polar surface area (TPSA) is 122 Å². The number of aromatic nitrogens is 5. The van der Waals surface area contributed by atoms with E-state index in [2.05, 4.69) is 25.5 Å². The van der Waals surface area contributed by atoms with Gasteiger partial charge in [-0.3, -0.25) is 14.7 Å². The maximum absolute atomic E-state index is 14.1. The van der Waals surface area contributed by atoms with Gasteiger partial charge in [0, 0.05) is 31.5 Å². The molecule has 198 valence electrons. The summed E-state index contributed by atoms with van der Waals surface area (Å²) in [4.78, 5) is 36.7. The Morgan fingerprint density at radius 2 is 1.95 bits per heavy atom. The predicted octanol–water partition coefficient (Wildman–Crippen LogP) is 3.94. The number of fused-ring (bicyclic) bond motifs is 1. The molecule has 1 aliphatic rings. The van der Waals surface area contributed by atoms with Crippen molar-refractivity contribution >= 4 is 39.5 Å². The van der Waals surface area contributed by atoms with Crippen molar-refractivity contribution in [2.45, 2.75) is 18.9 Å². The van der Waals surface area contributed by atoms with Crippen LogP contribution in [0.5, 0.6) is 0 Å². The van der Waals surface area contributed by atoms with Crippen molar-refractivity contribution in [3.63, 3.8) is 0 Å². The van der Waals surface area contributed by atoms with Crippen LogP contribution in [0.2, 0.25) is 0 Å². The normalized spacial score (nSPS) is 15.1. The largest absolute Gasteiger partial charge is 0.441 e. The number of benzene rings is 3. The molecule has 40 heavy (non-hydrogen) atoms. The van der Waals surface area contributed by atoms with Gasteiger partial charge < -0.3 is 19.2 Å². The number of aromatic amines is 1. The minimum atomic E-state index is -0.862. The summed E-state index contributed by atoms with van der Waals surface area (Å²) in [6.45, 7) is 0. The van der Waals surface area contributed by atoms with Crippen LogP contribution in [0.25, 0.3) is 27.7 Å². The molecule has 1 aliphatic heterocycles. The monoisotopic (exact) mass is 535 g/mol. The minimum Gasteiger partial charge on any atom is -0.441 e. The standard InChI is InChI=1S/C29H22FN7O3/c1-36-21-9-5-10-22-25(21)17(14-37(22)23-11-4-8-19-26(23)40-15-31-19)12-20(29(36)39)32-28(38)27-33-24(34-35-27)13-16-6-2-3-7-18(16)30/h2-11,14-15,20H,12-13H2,1H3,(H,32,38)(H,33,34,35)/t20-/m0/s1. The number of H-pyrrole nitrogens is 1. The number of carbonyl (C=O) groups is 2. The molecule has 0 unspecified atom stereocenters. The average Bonchev–Trinajstić information content (AvgIpc) is 3.70. The van der Waals surface area contributed by atoms with Crippen molar-refractivity contribution in [2.75, 3.05) is 11.9 Å². The first kappa shape index (κ1) is 23.8. The van der Waals surface area contributed by atoms with E-state index >= 15 is 0 Å². The van der Waals surface area contributed by atoms with Crippen molar-refractivity contribution < 1.29 is 18.4 Å². The van der Waals surface area contributed by atoms with Gasteiger partial charge in [-0.15, -0.1) is 5.10 Å². The number of hydrogen-bond acceptors (Lipinski definition) is 6. The number of halogens is 1. The molecule has 0 aliphatic carbocycles. The Hall–Kier alpha value is -5.32. The Kier molecular flexibility index (Phi) is 5.44. The maximum atomic E-state index is 14.1. The third-order valence-corrected chi connectivity index (χ3v) is 7.25. The Labute approximate surface area is 226 Å². The Balaban J connectivity index is 1.21. The molecule has 2 amide bonds. The number of rotatable bonds is 5. The minimum absolute atomic E-state index is 0.122. The van der Waals surface area contributed by atoms with E-state index in [0.29, 0.717) is 17.0 Å². The zero-order valence-electron chi connectivity index (χ0n) is 21.3. The zero-order chi connectivity index (χ0) is 27.4. The number of nitrogens with zero attached hydrogens (tertiary/aromatic N) is 5. The van der Waals surface area contributed by atoms with Crippen LogP contribution in [0.1, 0.15) is 27.6 Å². The molecule has 3 aromatic heterocycles. The van der Waals surface area contributed by atoms with Crippen molar-refractivity contribution in [3.05, 3.63) is 102 Å². The molecule has 3 aromatic carbocycles. The van der Waals surface area contributed by atoms with Crippen LogP contribution in [-0.4, -0.2) is 49.6 Å². The summed E-state index contributed by atoms with van der Waals surface area (Å²) in [6, 6.07) is 17.0. The quantitative estimate of drug-likeness (QED) is 0.345. The van der Waals surface area contributed by atoms with E-state index in [-0.39, 0.29) is 30.4 Å². The molecule has 1 atom stereocenters. The molecule has 0 saturated heterocycles. The third-order valence-electron chi connectivity index (χ3n) is 7.25. The fraction of sp³-hybridized carbons (Fsp3) is 0.138. The molecule has 0 fully saturated rings. The summed E-state index contributed by atoms with van der Waals surface area (Å²) < 4.78 is 21.8. The van der Waals surface area contributed by atoms with Crippen molar-refractivity contribution in [2.24, 2.45) is 0 Å². The second-order valence-electron chi connectivity index (χ2n) is 9.67. The summed E-state index contributed by atoms with van der Waals surface area (Å²) in [6.07, 6.45) is 3.79. The van der Waals surface area contributed by atoms with E-state index < -0.39 is 11.9 Å². The predicted molar refractivity (Wildman–Crippen MR) is 145 cm³/mol. The first-order valence-corrected chi connectivity index (χ1v) is 12.7. The van der Waals surface area contributed by atoms with Gasteiger partial charge in [0.05, 0.1) is 16.9 Å². The van der Waals surface area contributed by atoms with Gasteiger partial charge >= 0.3 is 0 Å². The lowest BCUT2D eigenvalue weighted by Crippen LogP contribution is -2.48. The van der Waals surface area contributed by atoms with Crippen LogP contribution in [0.15, 0.2) is 77.7 Å².